The number of amides is 1. The summed E-state index contributed by atoms with van der Waals surface area (Å²) in [5, 5.41) is 2.63. The van der Waals surface area contributed by atoms with E-state index in [1.165, 1.54) is 16.4 Å². The SMILES string of the molecule is O=C(Nc1cc(S(=O)(=O)N2CCOCC2)ccc1N1CCCC1)c1ccc(F)cc1F. The first kappa shape index (κ1) is 21.7. The van der Waals surface area contributed by atoms with Gasteiger partial charge in [0, 0.05) is 32.2 Å². The molecule has 166 valence electrons. The van der Waals surface area contributed by atoms with Crippen LogP contribution in [0.5, 0.6) is 0 Å². The molecule has 31 heavy (non-hydrogen) atoms. The van der Waals surface area contributed by atoms with E-state index in [2.05, 4.69) is 5.32 Å². The van der Waals surface area contributed by atoms with Crippen LogP contribution in [-0.4, -0.2) is 58.0 Å². The molecular weight excluding hydrogens is 428 g/mol. The summed E-state index contributed by atoms with van der Waals surface area (Å²) in [5.41, 5.74) is 0.606. The van der Waals surface area contributed by atoms with Crippen LogP contribution in [0.4, 0.5) is 20.2 Å². The standard InChI is InChI=1S/C21H23F2N3O4S/c22-15-3-5-17(18(23)13-15)21(27)24-19-14-16(4-6-20(19)25-7-1-2-8-25)31(28,29)26-9-11-30-12-10-26/h3-6,13-14H,1-2,7-12H2,(H,24,27). The molecule has 1 N–H and O–H groups in total. The lowest BCUT2D eigenvalue weighted by Crippen LogP contribution is -2.40. The molecule has 0 atom stereocenters. The number of anilines is 2. The summed E-state index contributed by atoms with van der Waals surface area (Å²) in [7, 11) is -3.78. The van der Waals surface area contributed by atoms with Crippen molar-refractivity contribution >= 4 is 27.3 Å². The number of carbonyl (C=O) groups excluding carboxylic acids is 1. The molecule has 4 rings (SSSR count). The molecule has 0 radical (unpaired) electrons. The maximum absolute atomic E-state index is 14.1. The highest BCUT2D eigenvalue weighted by Gasteiger charge is 2.28. The van der Waals surface area contributed by atoms with Crippen LogP contribution in [-0.2, 0) is 14.8 Å². The van der Waals surface area contributed by atoms with Crippen molar-refractivity contribution in [1.82, 2.24) is 4.31 Å². The van der Waals surface area contributed by atoms with E-state index in [1.54, 1.807) is 6.07 Å². The molecule has 2 fully saturated rings. The third-order valence-electron chi connectivity index (χ3n) is 5.45. The maximum atomic E-state index is 14.1. The minimum absolute atomic E-state index is 0.0345. The summed E-state index contributed by atoms with van der Waals surface area (Å²) in [6, 6.07) is 7.28. The van der Waals surface area contributed by atoms with Gasteiger partial charge in [0.15, 0.2) is 0 Å². The predicted octanol–water partition coefficient (Wildman–Crippen LogP) is 2.84. The zero-order chi connectivity index (χ0) is 22.0. The first-order valence-electron chi connectivity index (χ1n) is 10.1. The van der Waals surface area contributed by atoms with Gasteiger partial charge in [0.25, 0.3) is 5.91 Å². The van der Waals surface area contributed by atoms with Gasteiger partial charge in [0.05, 0.1) is 35.0 Å². The van der Waals surface area contributed by atoms with Crippen LogP contribution in [0.15, 0.2) is 41.3 Å². The Labute approximate surface area is 179 Å². The second-order valence-corrected chi connectivity index (χ2v) is 9.41. The number of ether oxygens (including phenoxy) is 1. The number of rotatable bonds is 5. The molecule has 0 aliphatic carbocycles. The van der Waals surface area contributed by atoms with E-state index in [0.717, 1.165) is 38.1 Å². The first-order chi connectivity index (χ1) is 14.9. The Bertz CT molecular complexity index is 1080. The highest BCUT2D eigenvalue weighted by Crippen LogP contribution is 2.33. The van der Waals surface area contributed by atoms with E-state index in [4.69, 9.17) is 4.74 Å². The highest BCUT2D eigenvalue weighted by atomic mass is 32.2. The average Bonchev–Trinajstić information content (AvgIpc) is 3.29. The van der Waals surface area contributed by atoms with Crippen molar-refractivity contribution in [3.05, 3.63) is 53.6 Å². The fourth-order valence-electron chi connectivity index (χ4n) is 3.81. The summed E-state index contributed by atoms with van der Waals surface area (Å²) >= 11 is 0. The Morgan fingerprint density at radius 1 is 0.968 bits per heavy atom. The molecule has 2 aromatic rings. The van der Waals surface area contributed by atoms with Crippen LogP contribution < -0.4 is 10.2 Å². The number of carbonyl (C=O) groups is 1. The van der Waals surface area contributed by atoms with Gasteiger partial charge in [-0.25, -0.2) is 17.2 Å². The summed E-state index contributed by atoms with van der Waals surface area (Å²) in [6.07, 6.45) is 1.96. The van der Waals surface area contributed by atoms with Crippen LogP contribution in [0.3, 0.4) is 0 Å². The van der Waals surface area contributed by atoms with Gasteiger partial charge >= 0.3 is 0 Å². The zero-order valence-corrected chi connectivity index (χ0v) is 17.6. The quantitative estimate of drug-likeness (QED) is 0.757. The number of halogens is 2. The Kier molecular flexibility index (Phi) is 6.22. The lowest BCUT2D eigenvalue weighted by Gasteiger charge is -2.27. The van der Waals surface area contributed by atoms with Crippen LogP contribution >= 0.6 is 0 Å². The Morgan fingerprint density at radius 2 is 1.68 bits per heavy atom. The lowest BCUT2D eigenvalue weighted by atomic mass is 10.1. The number of hydrogen-bond acceptors (Lipinski definition) is 5. The molecule has 0 bridgehead atoms. The Hall–Kier alpha value is -2.56. The molecule has 0 aromatic heterocycles. The highest BCUT2D eigenvalue weighted by molar-refractivity contribution is 7.89. The zero-order valence-electron chi connectivity index (χ0n) is 16.8. The van der Waals surface area contributed by atoms with E-state index in [-0.39, 0.29) is 29.2 Å². The fraction of sp³-hybridized carbons (Fsp3) is 0.381. The Morgan fingerprint density at radius 3 is 2.35 bits per heavy atom. The number of hydrogen-bond donors (Lipinski definition) is 1. The summed E-state index contributed by atoms with van der Waals surface area (Å²) in [5.74, 6) is -2.55. The third-order valence-corrected chi connectivity index (χ3v) is 7.34. The molecule has 2 aliphatic heterocycles. The van der Waals surface area contributed by atoms with Gasteiger partial charge < -0.3 is 15.0 Å². The molecule has 7 nitrogen and oxygen atoms in total. The lowest BCUT2D eigenvalue weighted by molar-refractivity contribution is 0.0730. The number of nitrogens with zero attached hydrogens (tertiary/aromatic N) is 2. The number of nitrogens with one attached hydrogen (secondary N) is 1. The molecule has 2 aromatic carbocycles. The predicted molar refractivity (Wildman–Crippen MR) is 112 cm³/mol. The van der Waals surface area contributed by atoms with Gasteiger partial charge in [0.1, 0.15) is 11.6 Å². The van der Waals surface area contributed by atoms with Crippen molar-refractivity contribution in [2.75, 3.05) is 49.6 Å². The monoisotopic (exact) mass is 451 g/mol. The normalized spacial score (nSPS) is 17.7. The minimum Gasteiger partial charge on any atom is -0.379 e. The van der Waals surface area contributed by atoms with Crippen molar-refractivity contribution in [3.63, 3.8) is 0 Å². The fourth-order valence-corrected chi connectivity index (χ4v) is 5.24. The second-order valence-electron chi connectivity index (χ2n) is 7.47. The minimum atomic E-state index is -3.78. The molecule has 2 saturated heterocycles. The largest absolute Gasteiger partial charge is 0.379 e. The van der Waals surface area contributed by atoms with E-state index in [0.29, 0.717) is 25.0 Å². The topological polar surface area (TPSA) is 79.0 Å². The molecule has 2 aliphatic rings. The first-order valence-corrected chi connectivity index (χ1v) is 11.5. The third kappa shape index (κ3) is 4.56. The Balaban J connectivity index is 1.69. The summed E-state index contributed by atoms with van der Waals surface area (Å²) < 4.78 is 60.0. The van der Waals surface area contributed by atoms with E-state index >= 15 is 0 Å². The van der Waals surface area contributed by atoms with Gasteiger partial charge in [-0.3, -0.25) is 4.79 Å². The second kappa shape index (κ2) is 8.89. The van der Waals surface area contributed by atoms with E-state index < -0.39 is 27.6 Å². The van der Waals surface area contributed by atoms with Crippen molar-refractivity contribution < 1.29 is 26.7 Å². The summed E-state index contributed by atoms with van der Waals surface area (Å²) in [6.45, 7) is 2.67. The average molecular weight is 451 g/mol. The van der Waals surface area contributed by atoms with Crippen molar-refractivity contribution in [2.24, 2.45) is 0 Å². The summed E-state index contributed by atoms with van der Waals surface area (Å²) in [4.78, 5) is 14.8. The molecule has 0 spiro atoms. The van der Waals surface area contributed by atoms with Gasteiger partial charge in [-0.15, -0.1) is 0 Å². The van der Waals surface area contributed by atoms with Gasteiger partial charge in [0.2, 0.25) is 10.0 Å². The number of benzene rings is 2. The van der Waals surface area contributed by atoms with Crippen molar-refractivity contribution in [2.45, 2.75) is 17.7 Å². The molecule has 0 saturated carbocycles. The van der Waals surface area contributed by atoms with Gasteiger partial charge in [-0.2, -0.15) is 4.31 Å². The smallest absolute Gasteiger partial charge is 0.258 e. The van der Waals surface area contributed by atoms with Gasteiger partial charge in [-0.1, -0.05) is 0 Å². The molecule has 0 unspecified atom stereocenters. The maximum Gasteiger partial charge on any atom is 0.258 e. The molecule has 10 heteroatoms. The van der Waals surface area contributed by atoms with Crippen LogP contribution in [0, 0.1) is 11.6 Å². The molecule has 1 amide bonds. The van der Waals surface area contributed by atoms with Crippen LogP contribution in [0.25, 0.3) is 0 Å². The van der Waals surface area contributed by atoms with Crippen molar-refractivity contribution in [1.29, 1.82) is 0 Å². The van der Waals surface area contributed by atoms with E-state index in [9.17, 15) is 22.0 Å². The van der Waals surface area contributed by atoms with E-state index in [1.807, 2.05) is 4.90 Å². The molecule has 2 heterocycles. The molecular formula is C21H23F2N3O4S. The van der Waals surface area contributed by atoms with Crippen LogP contribution in [0.2, 0.25) is 0 Å². The number of sulfonamides is 1. The number of morpholine rings is 1. The van der Waals surface area contributed by atoms with Crippen LogP contribution in [0.1, 0.15) is 23.2 Å². The van der Waals surface area contributed by atoms with Crippen molar-refractivity contribution in [3.8, 4) is 0 Å². The van der Waals surface area contributed by atoms with Gasteiger partial charge in [-0.05, 0) is 43.2 Å².